The Hall–Kier alpha value is -2.10. The van der Waals surface area contributed by atoms with Crippen molar-refractivity contribution in [1.82, 2.24) is 4.98 Å². The Morgan fingerprint density at radius 1 is 1.24 bits per heavy atom. The Kier molecular flexibility index (Phi) is 6.80. The fourth-order valence-electron chi connectivity index (χ4n) is 2.45. The minimum absolute atomic E-state index is 0. The monoisotopic (exact) mass is 416 g/mol. The molecule has 1 fully saturated rings. The first kappa shape index (κ1) is 19.2. The number of carbonyl (C=O) groups excluding carboxylic acids is 1. The zero-order valence-electron chi connectivity index (χ0n) is 13.4. The summed E-state index contributed by atoms with van der Waals surface area (Å²) in [5.41, 5.74) is 1.44. The van der Waals surface area contributed by atoms with Gasteiger partial charge in [0.25, 0.3) is 0 Å². The van der Waals surface area contributed by atoms with Gasteiger partial charge in [-0.15, -0.1) is 0 Å². The highest BCUT2D eigenvalue weighted by Gasteiger charge is 2.35. The predicted octanol–water partition coefficient (Wildman–Crippen LogP) is 4.56. The Bertz CT molecular complexity index is 814. The molecular formula is C19H17BrN2O2S. The van der Waals surface area contributed by atoms with Crippen molar-refractivity contribution in [2.45, 2.75) is 18.9 Å². The zero-order chi connectivity index (χ0) is 16.9. The predicted molar refractivity (Wildman–Crippen MR) is 104 cm³/mol. The van der Waals surface area contributed by atoms with Gasteiger partial charge in [-0.05, 0) is 52.5 Å². The molecule has 6 heteroatoms. The first-order valence-corrected chi connectivity index (χ1v) is 8.47. The molecule has 0 N–H and O–H groups in total. The molecule has 1 saturated carbocycles. The highest BCUT2D eigenvalue weighted by Crippen LogP contribution is 2.43. The van der Waals surface area contributed by atoms with Crippen LogP contribution in [0.1, 0.15) is 30.2 Å². The summed E-state index contributed by atoms with van der Waals surface area (Å²) in [6.07, 6.45) is 3.21. The molecule has 1 aliphatic rings. The number of carbonyl (C=O) groups is 1. The van der Waals surface area contributed by atoms with E-state index in [4.69, 9.17) is 4.74 Å². The normalized spacial score (nSPS) is 14.8. The average Bonchev–Trinajstić information content (AvgIpc) is 3.43. The lowest BCUT2D eigenvalue weighted by Gasteiger charge is -2.17. The molecule has 128 valence electrons. The number of rotatable bonds is 5. The van der Waals surface area contributed by atoms with Crippen LogP contribution in [0.15, 0.2) is 58.7 Å². The molecule has 25 heavy (non-hydrogen) atoms. The molecule has 0 aliphatic heterocycles. The van der Waals surface area contributed by atoms with E-state index in [0.29, 0.717) is 16.2 Å². The van der Waals surface area contributed by atoms with E-state index in [0.717, 1.165) is 18.4 Å². The number of nitriles is 1. The maximum Gasteiger partial charge on any atom is 0.349 e. The van der Waals surface area contributed by atoms with Gasteiger partial charge in [0.15, 0.2) is 0 Å². The zero-order valence-corrected chi connectivity index (χ0v) is 15.9. The molecule has 0 bridgehead atoms. The van der Waals surface area contributed by atoms with Crippen molar-refractivity contribution in [2.75, 3.05) is 0 Å². The summed E-state index contributed by atoms with van der Waals surface area (Å²) in [6, 6.07) is 16.9. The van der Waals surface area contributed by atoms with Crippen LogP contribution in [0.3, 0.4) is 0 Å². The third kappa shape index (κ3) is 5.18. The summed E-state index contributed by atoms with van der Waals surface area (Å²) in [7, 11) is 0. The van der Waals surface area contributed by atoms with Gasteiger partial charge < -0.3 is 4.74 Å². The van der Waals surface area contributed by atoms with E-state index in [1.165, 1.54) is 6.08 Å². The molecule has 3 rings (SSSR count). The minimum Gasteiger partial charge on any atom is -0.453 e. The SMILES string of the molecule is N#C/C(=C\c1cccc(Br)n1)C(=O)O[C@H](c1ccccc1)C1CC1.S. The van der Waals surface area contributed by atoms with E-state index in [-0.39, 0.29) is 25.2 Å². The molecule has 0 saturated heterocycles. The van der Waals surface area contributed by atoms with Crippen LogP contribution in [0.25, 0.3) is 6.08 Å². The molecule has 1 aliphatic carbocycles. The highest BCUT2D eigenvalue weighted by atomic mass is 79.9. The van der Waals surface area contributed by atoms with Crippen molar-refractivity contribution in [2.24, 2.45) is 5.92 Å². The number of aromatic nitrogens is 1. The Morgan fingerprint density at radius 3 is 2.56 bits per heavy atom. The van der Waals surface area contributed by atoms with Gasteiger partial charge in [0.05, 0.1) is 5.69 Å². The van der Waals surface area contributed by atoms with Crippen molar-refractivity contribution in [3.05, 3.63) is 70.0 Å². The smallest absolute Gasteiger partial charge is 0.349 e. The topological polar surface area (TPSA) is 63.0 Å². The van der Waals surface area contributed by atoms with E-state index in [1.807, 2.05) is 36.4 Å². The summed E-state index contributed by atoms with van der Waals surface area (Å²) in [5.74, 6) is -0.277. The highest BCUT2D eigenvalue weighted by molar-refractivity contribution is 9.10. The first-order chi connectivity index (χ1) is 11.7. The molecule has 1 atom stereocenters. The van der Waals surface area contributed by atoms with Gasteiger partial charge in [-0.1, -0.05) is 36.4 Å². The van der Waals surface area contributed by atoms with Gasteiger partial charge in [0.2, 0.25) is 0 Å². The summed E-state index contributed by atoms with van der Waals surface area (Å²) in [6.45, 7) is 0. The summed E-state index contributed by atoms with van der Waals surface area (Å²) < 4.78 is 6.29. The summed E-state index contributed by atoms with van der Waals surface area (Å²) in [5, 5.41) is 9.31. The van der Waals surface area contributed by atoms with Gasteiger partial charge in [-0.2, -0.15) is 18.8 Å². The Morgan fingerprint density at radius 2 is 1.96 bits per heavy atom. The number of hydrogen-bond acceptors (Lipinski definition) is 4. The van der Waals surface area contributed by atoms with Crippen molar-refractivity contribution >= 4 is 41.5 Å². The molecule has 1 heterocycles. The van der Waals surface area contributed by atoms with E-state index >= 15 is 0 Å². The van der Waals surface area contributed by atoms with Gasteiger partial charge in [0, 0.05) is 5.92 Å². The second-order valence-electron chi connectivity index (χ2n) is 5.63. The number of pyridine rings is 1. The maximum absolute atomic E-state index is 12.4. The van der Waals surface area contributed by atoms with Gasteiger partial charge in [0.1, 0.15) is 22.3 Å². The van der Waals surface area contributed by atoms with Crippen molar-refractivity contribution in [1.29, 1.82) is 5.26 Å². The summed E-state index contributed by atoms with van der Waals surface area (Å²) >= 11 is 3.27. The van der Waals surface area contributed by atoms with E-state index in [2.05, 4.69) is 20.9 Å². The molecule has 0 amide bonds. The van der Waals surface area contributed by atoms with Crippen LogP contribution in [-0.2, 0) is 9.53 Å². The number of nitrogens with zero attached hydrogens (tertiary/aromatic N) is 2. The molecule has 0 spiro atoms. The lowest BCUT2D eigenvalue weighted by molar-refractivity contribution is -0.145. The third-order valence-electron chi connectivity index (χ3n) is 3.78. The maximum atomic E-state index is 12.4. The second-order valence-corrected chi connectivity index (χ2v) is 6.44. The minimum atomic E-state index is -0.611. The Labute approximate surface area is 162 Å². The van der Waals surface area contributed by atoms with Crippen LogP contribution in [0.5, 0.6) is 0 Å². The van der Waals surface area contributed by atoms with Crippen molar-refractivity contribution < 1.29 is 9.53 Å². The van der Waals surface area contributed by atoms with Crippen LogP contribution in [-0.4, -0.2) is 11.0 Å². The van der Waals surface area contributed by atoms with Crippen LogP contribution in [0, 0.1) is 17.2 Å². The molecule has 4 nitrogen and oxygen atoms in total. The van der Waals surface area contributed by atoms with Crippen molar-refractivity contribution in [3.63, 3.8) is 0 Å². The molecule has 1 aromatic carbocycles. The molecule has 0 radical (unpaired) electrons. The molecule has 1 aromatic heterocycles. The van der Waals surface area contributed by atoms with E-state index < -0.39 is 5.97 Å². The average molecular weight is 417 g/mol. The fourth-order valence-corrected chi connectivity index (χ4v) is 2.80. The van der Waals surface area contributed by atoms with E-state index in [9.17, 15) is 10.1 Å². The number of halogens is 1. The van der Waals surface area contributed by atoms with Crippen LogP contribution in [0.4, 0.5) is 0 Å². The first-order valence-electron chi connectivity index (χ1n) is 7.67. The van der Waals surface area contributed by atoms with Crippen LogP contribution < -0.4 is 0 Å². The molecule has 0 unspecified atom stereocenters. The number of esters is 1. The van der Waals surface area contributed by atoms with Gasteiger partial charge in [-0.3, -0.25) is 0 Å². The quantitative estimate of drug-likeness (QED) is 0.310. The van der Waals surface area contributed by atoms with E-state index in [1.54, 1.807) is 18.2 Å². The van der Waals surface area contributed by atoms with Gasteiger partial charge in [-0.25, -0.2) is 9.78 Å². The number of benzene rings is 1. The van der Waals surface area contributed by atoms with Crippen molar-refractivity contribution in [3.8, 4) is 6.07 Å². The van der Waals surface area contributed by atoms with Crippen LogP contribution >= 0.6 is 29.4 Å². The lowest BCUT2D eigenvalue weighted by Crippen LogP contribution is -2.14. The van der Waals surface area contributed by atoms with Crippen LogP contribution in [0.2, 0.25) is 0 Å². The lowest BCUT2D eigenvalue weighted by atomic mass is 10.1. The van der Waals surface area contributed by atoms with Gasteiger partial charge >= 0.3 is 5.97 Å². The summed E-state index contributed by atoms with van der Waals surface area (Å²) in [4.78, 5) is 16.6. The Balaban J connectivity index is 0.00000225. The fraction of sp³-hybridized carbons (Fsp3) is 0.211. The molecular weight excluding hydrogens is 400 g/mol. The number of hydrogen-bond donors (Lipinski definition) is 0. The number of ether oxygens (including phenoxy) is 1. The largest absolute Gasteiger partial charge is 0.453 e. The standard InChI is InChI=1S/C19H15BrN2O2.H2S/c20-17-8-4-7-16(22-17)11-15(12-21)19(23)24-18(14-9-10-14)13-5-2-1-3-6-13;/h1-8,11,14,18H,9-10H2;1H2/b15-11+;/t18-;/m1./s1. The third-order valence-corrected chi connectivity index (χ3v) is 4.22. The second kappa shape index (κ2) is 8.84. The molecule has 2 aromatic rings.